The molecule has 0 spiro atoms. The second kappa shape index (κ2) is 8.43. The van der Waals surface area contributed by atoms with Crippen molar-refractivity contribution < 1.29 is 10.6 Å². The van der Waals surface area contributed by atoms with Gasteiger partial charge in [-0.05, 0) is 84.7 Å². The number of hydrogen-bond acceptors (Lipinski definition) is 1. The highest BCUT2D eigenvalue weighted by molar-refractivity contribution is 5.53. The van der Waals surface area contributed by atoms with Crippen LogP contribution < -0.4 is 0 Å². The maximum atomic E-state index is 10.2. The predicted molar refractivity (Wildman–Crippen MR) is 127 cm³/mol. The number of aliphatic hydroxyl groups is 1. The minimum atomic E-state index is -0.143. The monoisotopic (exact) mass is 412 g/mol. The molecule has 2 saturated carbocycles. The van der Waals surface area contributed by atoms with Gasteiger partial charge in [-0.25, -0.2) is 0 Å². The van der Waals surface area contributed by atoms with Crippen LogP contribution in [0.4, 0.5) is 0 Å². The van der Waals surface area contributed by atoms with Gasteiger partial charge >= 0.3 is 0 Å². The Labute approximate surface area is 184 Å². The molecule has 0 aromatic carbocycles. The van der Waals surface area contributed by atoms with Gasteiger partial charge in [0.25, 0.3) is 0 Å². The van der Waals surface area contributed by atoms with E-state index >= 15 is 0 Å². The van der Waals surface area contributed by atoms with Crippen molar-refractivity contribution in [1.82, 2.24) is 0 Å². The number of fused-ring (bicyclic) bond motifs is 5. The third-order valence-electron chi connectivity index (χ3n) is 9.45. The van der Waals surface area contributed by atoms with Crippen molar-refractivity contribution in [2.24, 2.45) is 40.4 Å². The highest BCUT2D eigenvalue weighted by atomic mass is 16.3. The van der Waals surface area contributed by atoms with E-state index in [1.54, 1.807) is 11.1 Å². The molecule has 4 aliphatic rings. The van der Waals surface area contributed by atoms with Crippen molar-refractivity contribution in [3.05, 3.63) is 47.1 Å². The second-order valence-electron chi connectivity index (χ2n) is 11.5. The topological polar surface area (TPSA) is 51.7 Å². The number of rotatable bonds is 4. The second-order valence-corrected chi connectivity index (χ2v) is 11.5. The molecule has 0 unspecified atom stereocenters. The Bertz CT molecular complexity index is 770. The van der Waals surface area contributed by atoms with E-state index in [1.807, 2.05) is 0 Å². The van der Waals surface area contributed by atoms with Crippen LogP contribution >= 0.6 is 0 Å². The van der Waals surface area contributed by atoms with Crippen molar-refractivity contribution in [2.75, 3.05) is 0 Å². The molecule has 0 heterocycles. The fourth-order valence-electron chi connectivity index (χ4n) is 6.96. The molecule has 0 aliphatic heterocycles. The number of hydrogen-bond donors (Lipinski definition) is 1. The summed E-state index contributed by atoms with van der Waals surface area (Å²) in [5.41, 5.74) is 5.26. The Morgan fingerprint density at radius 3 is 2.47 bits per heavy atom. The molecule has 0 saturated heterocycles. The Morgan fingerprint density at radius 2 is 1.77 bits per heavy atom. The van der Waals surface area contributed by atoms with Crippen molar-refractivity contribution in [1.29, 1.82) is 0 Å². The third kappa shape index (κ3) is 3.69. The van der Waals surface area contributed by atoms with E-state index in [0.717, 1.165) is 25.2 Å². The molecule has 3 N–H and O–H groups in total. The van der Waals surface area contributed by atoms with E-state index in [4.69, 9.17) is 0 Å². The summed E-state index contributed by atoms with van der Waals surface area (Å²) in [4.78, 5) is 0. The first-order valence-electron chi connectivity index (χ1n) is 12.2. The Kier molecular flexibility index (Phi) is 6.62. The minimum absolute atomic E-state index is 0. The Balaban J connectivity index is 0.00000256. The van der Waals surface area contributed by atoms with Crippen LogP contribution in [-0.2, 0) is 0 Å². The highest BCUT2D eigenvalue weighted by Gasteiger charge is 2.53. The fourth-order valence-corrected chi connectivity index (χ4v) is 6.96. The molecule has 2 heteroatoms. The molecule has 168 valence electrons. The van der Waals surface area contributed by atoms with E-state index in [9.17, 15) is 5.11 Å². The summed E-state index contributed by atoms with van der Waals surface area (Å²) in [7, 11) is 0. The van der Waals surface area contributed by atoms with Gasteiger partial charge in [0.1, 0.15) is 0 Å². The Hall–Kier alpha value is -1.12. The molecule has 0 bridgehead atoms. The van der Waals surface area contributed by atoms with Crippen LogP contribution in [-0.4, -0.2) is 16.7 Å². The SMILES string of the molecule is CC(C)[C@@H](C)/C=C/[C@@H](C)[C@H]1CC[C@H]2C3=CC=C4C[C@@H](O)CC[C@]4(C)C3=CC[C@]12C.O. The zero-order chi connectivity index (χ0) is 21.0. The van der Waals surface area contributed by atoms with Crippen LogP contribution in [0, 0.1) is 40.4 Å². The molecule has 0 amide bonds. The maximum absolute atomic E-state index is 10.2. The van der Waals surface area contributed by atoms with Crippen LogP contribution in [0.15, 0.2) is 47.1 Å². The molecule has 0 radical (unpaired) electrons. The summed E-state index contributed by atoms with van der Waals surface area (Å²) >= 11 is 0. The highest BCUT2D eigenvalue weighted by Crippen LogP contribution is 2.63. The lowest BCUT2D eigenvalue weighted by Gasteiger charge is -2.50. The van der Waals surface area contributed by atoms with Gasteiger partial charge in [0.15, 0.2) is 0 Å². The lowest BCUT2D eigenvalue weighted by molar-refractivity contribution is 0.113. The summed E-state index contributed by atoms with van der Waals surface area (Å²) in [6.45, 7) is 14.5. The molecule has 7 atom stereocenters. The average molecular weight is 413 g/mol. The van der Waals surface area contributed by atoms with Gasteiger partial charge in [-0.3, -0.25) is 0 Å². The molecule has 2 fully saturated rings. The van der Waals surface area contributed by atoms with Crippen LogP contribution in [0.25, 0.3) is 0 Å². The van der Waals surface area contributed by atoms with E-state index in [1.165, 1.54) is 24.8 Å². The molecule has 4 rings (SSSR count). The molecule has 30 heavy (non-hydrogen) atoms. The van der Waals surface area contributed by atoms with Gasteiger partial charge in [0.2, 0.25) is 0 Å². The average Bonchev–Trinajstić information content (AvgIpc) is 3.03. The number of allylic oxidation sites excluding steroid dienone is 7. The molecule has 2 nitrogen and oxygen atoms in total. The summed E-state index contributed by atoms with van der Waals surface area (Å²) in [6, 6.07) is 0. The third-order valence-corrected chi connectivity index (χ3v) is 9.45. The minimum Gasteiger partial charge on any atom is -0.412 e. The summed E-state index contributed by atoms with van der Waals surface area (Å²) < 4.78 is 0. The van der Waals surface area contributed by atoms with Crippen LogP contribution in [0.5, 0.6) is 0 Å². The molecular weight excluding hydrogens is 368 g/mol. The van der Waals surface area contributed by atoms with E-state index in [0.29, 0.717) is 29.1 Å². The summed E-state index contributed by atoms with van der Waals surface area (Å²) in [5.74, 6) is 3.50. The predicted octanol–water partition coefficient (Wildman–Crippen LogP) is 6.43. The van der Waals surface area contributed by atoms with Crippen LogP contribution in [0.3, 0.4) is 0 Å². The quantitative estimate of drug-likeness (QED) is 0.532. The largest absolute Gasteiger partial charge is 0.412 e. The first kappa shape index (κ1) is 23.5. The van der Waals surface area contributed by atoms with Gasteiger partial charge < -0.3 is 10.6 Å². The molecule has 0 aromatic rings. The van der Waals surface area contributed by atoms with Gasteiger partial charge in [0.05, 0.1) is 6.10 Å². The smallest absolute Gasteiger partial charge is 0.0578 e. The summed E-state index contributed by atoms with van der Waals surface area (Å²) in [6.07, 6.45) is 19.1. The van der Waals surface area contributed by atoms with Gasteiger partial charge in [-0.1, -0.05) is 77.5 Å². The first-order valence-corrected chi connectivity index (χ1v) is 12.2. The van der Waals surface area contributed by atoms with Crippen LogP contribution in [0.2, 0.25) is 0 Å². The first-order chi connectivity index (χ1) is 13.7. The molecular formula is C28H44O2. The Morgan fingerprint density at radius 1 is 1.03 bits per heavy atom. The maximum Gasteiger partial charge on any atom is 0.0578 e. The van der Waals surface area contributed by atoms with Gasteiger partial charge in [-0.15, -0.1) is 0 Å². The summed E-state index contributed by atoms with van der Waals surface area (Å²) in [5, 5.41) is 10.2. The number of aliphatic hydroxyl groups excluding tert-OH is 1. The van der Waals surface area contributed by atoms with E-state index in [-0.39, 0.29) is 17.0 Å². The van der Waals surface area contributed by atoms with Gasteiger partial charge in [-0.2, -0.15) is 0 Å². The van der Waals surface area contributed by atoms with Gasteiger partial charge in [0, 0.05) is 5.41 Å². The van der Waals surface area contributed by atoms with Crippen molar-refractivity contribution >= 4 is 0 Å². The molecule has 4 aliphatic carbocycles. The zero-order valence-corrected chi connectivity index (χ0v) is 20.0. The van der Waals surface area contributed by atoms with Crippen LogP contribution in [0.1, 0.15) is 80.1 Å². The lowest BCUT2D eigenvalue weighted by Crippen LogP contribution is -2.41. The van der Waals surface area contributed by atoms with E-state index < -0.39 is 0 Å². The lowest BCUT2D eigenvalue weighted by atomic mass is 9.54. The van der Waals surface area contributed by atoms with Crippen molar-refractivity contribution in [3.63, 3.8) is 0 Å². The fraction of sp³-hybridized carbons (Fsp3) is 0.714. The van der Waals surface area contributed by atoms with Crippen molar-refractivity contribution in [3.8, 4) is 0 Å². The zero-order valence-electron chi connectivity index (χ0n) is 20.0. The molecule has 0 aromatic heterocycles. The van der Waals surface area contributed by atoms with E-state index in [2.05, 4.69) is 71.9 Å². The van der Waals surface area contributed by atoms with Crippen molar-refractivity contribution in [2.45, 2.75) is 86.2 Å². The standard InChI is InChI=1S/C28H42O.H2O/c1-18(2)19(3)7-8-20(4)24-11-12-25-23-10-9-21-17-22(29)13-15-27(21,5)26(23)14-16-28(24,25)6;/h7-10,14,18-20,22,24-25,29H,11-13,15-17H2,1-6H3;1H2/b8-7+;/t19-,20+,22-,24+,25-,27-,28+;/m0./s1. The normalized spacial score (nSPS) is 39.9.